The topological polar surface area (TPSA) is 61.1 Å². The summed E-state index contributed by atoms with van der Waals surface area (Å²) >= 11 is 3.60. The number of nitrogens with zero attached hydrogens (tertiary/aromatic N) is 1. The van der Waals surface area contributed by atoms with Gasteiger partial charge in [0.05, 0.1) is 0 Å². The molecule has 1 rings (SSSR count). The summed E-state index contributed by atoms with van der Waals surface area (Å²) in [5, 5.41) is 17.4. The van der Waals surface area contributed by atoms with Crippen molar-refractivity contribution in [3.05, 3.63) is 41.5 Å². The monoisotopic (exact) mass is 319 g/mol. The minimum atomic E-state index is -1.21. The Bertz CT molecular complexity index is 601. The van der Waals surface area contributed by atoms with Crippen LogP contribution in [0.5, 0.6) is 0 Å². The fraction of sp³-hybridized carbons (Fsp3) is 0.250. The molecule has 21 heavy (non-hydrogen) atoms. The molecule has 0 fully saturated rings. The molecule has 5 heteroatoms. The Labute approximate surface area is 133 Å². The number of hydrogen-bond donors (Lipinski definition) is 1. The van der Waals surface area contributed by atoms with E-state index in [2.05, 4.69) is 26.0 Å². The van der Waals surface area contributed by atoms with E-state index in [0.717, 1.165) is 17.1 Å². The van der Waals surface area contributed by atoms with Crippen molar-refractivity contribution in [3.8, 4) is 6.07 Å². The molecule has 0 bridgehead atoms. The van der Waals surface area contributed by atoms with Gasteiger partial charge in [0.15, 0.2) is 0 Å². The van der Waals surface area contributed by atoms with Gasteiger partial charge in [0.1, 0.15) is 11.6 Å². The van der Waals surface area contributed by atoms with E-state index in [9.17, 15) is 4.79 Å². The number of carboxylic acid groups (broad SMARTS) is 1. The quantitative estimate of drug-likeness (QED) is 0.348. The van der Waals surface area contributed by atoms with Crippen molar-refractivity contribution >= 4 is 35.6 Å². The first-order valence-corrected chi connectivity index (χ1v) is 8.50. The third-order valence-electron chi connectivity index (χ3n) is 2.47. The maximum Gasteiger partial charge on any atom is 0.346 e. The Morgan fingerprint density at radius 3 is 2.52 bits per heavy atom. The van der Waals surface area contributed by atoms with Crippen molar-refractivity contribution in [2.75, 3.05) is 11.5 Å². The molecule has 110 valence electrons. The zero-order valence-corrected chi connectivity index (χ0v) is 13.6. The van der Waals surface area contributed by atoms with Gasteiger partial charge < -0.3 is 5.11 Å². The van der Waals surface area contributed by atoms with Crippen molar-refractivity contribution in [1.29, 1.82) is 5.26 Å². The number of benzene rings is 1. The second-order valence-corrected chi connectivity index (χ2v) is 6.54. The summed E-state index contributed by atoms with van der Waals surface area (Å²) in [7, 11) is 0. The highest BCUT2D eigenvalue weighted by Gasteiger charge is 2.04. The molecule has 0 atom stereocenters. The second kappa shape index (κ2) is 9.32. The van der Waals surface area contributed by atoms with Crippen LogP contribution < -0.4 is 0 Å². The summed E-state index contributed by atoms with van der Waals surface area (Å²) in [6.45, 7) is 4.24. The van der Waals surface area contributed by atoms with E-state index < -0.39 is 5.97 Å². The van der Waals surface area contributed by atoms with Crippen LogP contribution in [-0.2, 0) is 4.79 Å². The lowest BCUT2D eigenvalue weighted by molar-refractivity contribution is -0.132. The van der Waals surface area contributed by atoms with Crippen LogP contribution in [0, 0.1) is 11.3 Å². The number of carboxylic acids is 1. The van der Waals surface area contributed by atoms with E-state index in [4.69, 9.17) is 10.4 Å². The van der Waals surface area contributed by atoms with Crippen LogP contribution in [0.1, 0.15) is 19.4 Å². The highest BCUT2D eigenvalue weighted by Crippen LogP contribution is 2.31. The summed E-state index contributed by atoms with van der Waals surface area (Å²) in [4.78, 5) is 13.2. The van der Waals surface area contributed by atoms with Crippen molar-refractivity contribution in [2.24, 2.45) is 0 Å². The zero-order valence-electron chi connectivity index (χ0n) is 12.0. The summed E-state index contributed by atoms with van der Waals surface area (Å²) in [5.41, 5.74) is 0.720. The highest BCUT2D eigenvalue weighted by atomic mass is 32.2. The van der Waals surface area contributed by atoms with Crippen LogP contribution in [-0.4, -0.2) is 22.6 Å². The molecule has 0 saturated heterocycles. The molecule has 0 radical (unpaired) electrons. The van der Waals surface area contributed by atoms with Crippen molar-refractivity contribution in [2.45, 2.75) is 23.6 Å². The van der Waals surface area contributed by atoms with Crippen molar-refractivity contribution < 1.29 is 9.90 Å². The van der Waals surface area contributed by atoms with Gasteiger partial charge in [0.25, 0.3) is 0 Å². The number of hydrogen-bond acceptors (Lipinski definition) is 4. The van der Waals surface area contributed by atoms with Crippen LogP contribution in [0.25, 0.3) is 6.08 Å². The van der Waals surface area contributed by atoms with E-state index in [-0.39, 0.29) is 5.57 Å². The Balaban J connectivity index is 2.97. The van der Waals surface area contributed by atoms with Gasteiger partial charge in [-0.1, -0.05) is 32.1 Å². The van der Waals surface area contributed by atoms with Crippen LogP contribution in [0.2, 0.25) is 0 Å². The van der Waals surface area contributed by atoms with Crippen LogP contribution in [0.3, 0.4) is 0 Å². The van der Waals surface area contributed by atoms with Crippen molar-refractivity contribution in [1.82, 2.24) is 0 Å². The third kappa shape index (κ3) is 5.70. The minimum absolute atomic E-state index is 0.271. The summed E-state index contributed by atoms with van der Waals surface area (Å²) in [6.07, 6.45) is 4.71. The molecular formula is C16H17NO2S2. The third-order valence-corrected chi connectivity index (χ3v) is 4.49. The van der Waals surface area contributed by atoms with Crippen LogP contribution in [0.15, 0.2) is 45.7 Å². The minimum Gasteiger partial charge on any atom is -0.477 e. The zero-order chi connectivity index (χ0) is 15.7. The molecule has 0 aliphatic rings. The number of carbonyl (C=O) groups is 1. The van der Waals surface area contributed by atoms with Gasteiger partial charge in [-0.3, -0.25) is 0 Å². The van der Waals surface area contributed by atoms with Crippen LogP contribution >= 0.6 is 23.5 Å². The van der Waals surface area contributed by atoms with Gasteiger partial charge in [0.2, 0.25) is 0 Å². The smallest absolute Gasteiger partial charge is 0.346 e. The van der Waals surface area contributed by atoms with E-state index >= 15 is 0 Å². The van der Waals surface area contributed by atoms with Gasteiger partial charge in [-0.15, -0.1) is 23.5 Å². The normalized spacial score (nSPS) is 11.6. The number of rotatable bonds is 7. The van der Waals surface area contributed by atoms with E-state index in [1.165, 1.54) is 15.9 Å². The lowest BCUT2D eigenvalue weighted by atomic mass is 10.2. The lowest BCUT2D eigenvalue weighted by Crippen LogP contribution is -1.96. The van der Waals surface area contributed by atoms with Gasteiger partial charge in [0, 0.05) is 9.79 Å². The highest BCUT2D eigenvalue weighted by molar-refractivity contribution is 8.02. The predicted octanol–water partition coefficient (Wildman–Crippen LogP) is 4.46. The molecule has 0 heterocycles. The first-order valence-electron chi connectivity index (χ1n) is 6.53. The second-order valence-electron chi connectivity index (χ2n) is 3.93. The molecule has 3 nitrogen and oxygen atoms in total. The molecule has 0 aliphatic heterocycles. The molecule has 0 saturated carbocycles. The molecule has 0 spiro atoms. The van der Waals surface area contributed by atoms with E-state index in [1.807, 2.05) is 17.8 Å². The molecule has 0 amide bonds. The maximum atomic E-state index is 10.7. The molecule has 1 aromatic rings. The lowest BCUT2D eigenvalue weighted by Gasteiger charge is -2.08. The Hall–Kier alpha value is -1.64. The largest absolute Gasteiger partial charge is 0.477 e. The average Bonchev–Trinajstić information content (AvgIpc) is 2.46. The van der Waals surface area contributed by atoms with Gasteiger partial charge in [-0.25, -0.2) is 4.79 Å². The average molecular weight is 319 g/mol. The number of allylic oxidation sites excluding steroid dienone is 2. The molecule has 1 N–H and O–H groups in total. The number of thioether (sulfide) groups is 2. The first kappa shape index (κ1) is 17.4. The standard InChI is InChI=1S/C16H17NO2S2/c1-3-20-14-9-8-12(10-15(14)21-4-2)6-5-7-13(11-17)16(18)19/h5-10H,3-4H2,1-2H3,(H,18,19)/b6-5+,13-7+. The van der Waals surface area contributed by atoms with E-state index in [1.54, 1.807) is 30.0 Å². The molecule has 0 unspecified atom stereocenters. The van der Waals surface area contributed by atoms with Crippen LogP contribution in [0.4, 0.5) is 0 Å². The Kier molecular flexibility index (Phi) is 7.73. The van der Waals surface area contributed by atoms with Crippen molar-refractivity contribution in [3.63, 3.8) is 0 Å². The Morgan fingerprint density at radius 2 is 1.95 bits per heavy atom. The van der Waals surface area contributed by atoms with Gasteiger partial charge >= 0.3 is 5.97 Å². The number of aliphatic carboxylic acids is 1. The first-order chi connectivity index (χ1) is 10.1. The molecule has 0 aromatic heterocycles. The molecule has 1 aromatic carbocycles. The SMILES string of the molecule is CCSc1ccc(/C=C/C=C(\C#N)C(=O)O)cc1SCC. The number of nitriles is 1. The predicted molar refractivity (Wildman–Crippen MR) is 89.6 cm³/mol. The fourth-order valence-electron chi connectivity index (χ4n) is 1.58. The van der Waals surface area contributed by atoms with Gasteiger partial charge in [-0.2, -0.15) is 5.26 Å². The maximum absolute atomic E-state index is 10.7. The summed E-state index contributed by atoms with van der Waals surface area (Å²) < 4.78 is 0. The molecule has 0 aliphatic carbocycles. The Morgan fingerprint density at radius 1 is 1.29 bits per heavy atom. The molecular weight excluding hydrogens is 302 g/mol. The van der Waals surface area contributed by atoms with E-state index in [0.29, 0.717) is 0 Å². The summed E-state index contributed by atoms with van der Waals surface area (Å²) in [5.74, 6) is 0.820. The fourth-order valence-corrected chi connectivity index (χ4v) is 3.35. The summed E-state index contributed by atoms with van der Waals surface area (Å²) in [6, 6.07) is 7.81. The van der Waals surface area contributed by atoms with Gasteiger partial charge in [-0.05, 0) is 35.3 Å².